The fourth-order valence-corrected chi connectivity index (χ4v) is 3.49. The maximum Gasteiger partial charge on any atom is 0.213 e. The summed E-state index contributed by atoms with van der Waals surface area (Å²) in [4.78, 5) is 9.59. The monoisotopic (exact) mass is 353 g/mol. The number of fused-ring (bicyclic) bond motifs is 1. The number of methoxy groups -OCH3 is 1. The van der Waals surface area contributed by atoms with Crippen molar-refractivity contribution in [2.45, 2.75) is 46.6 Å². The summed E-state index contributed by atoms with van der Waals surface area (Å²) in [7, 11) is 1.63. The lowest BCUT2D eigenvalue weighted by Crippen LogP contribution is -2.11. The van der Waals surface area contributed by atoms with Crippen LogP contribution >= 0.6 is 0 Å². The Morgan fingerprint density at radius 2 is 1.92 bits per heavy atom. The molecule has 0 radical (unpaired) electrons. The zero-order chi connectivity index (χ0) is 18.8. The van der Waals surface area contributed by atoms with E-state index < -0.39 is 0 Å². The number of ether oxygens (including phenoxy) is 1. The van der Waals surface area contributed by atoms with Gasteiger partial charge in [0, 0.05) is 17.8 Å². The lowest BCUT2D eigenvalue weighted by Gasteiger charge is -2.16. The van der Waals surface area contributed by atoms with Crippen LogP contribution in [0.4, 0.5) is 0 Å². The Kier molecular flexibility index (Phi) is 5.28. The van der Waals surface area contributed by atoms with Gasteiger partial charge in [-0.05, 0) is 49.9 Å². The van der Waals surface area contributed by atoms with Gasteiger partial charge in [-0.3, -0.25) is 0 Å². The summed E-state index contributed by atoms with van der Waals surface area (Å²) in [5, 5.41) is 9.71. The number of pyridine rings is 2. The molecule has 26 heavy (non-hydrogen) atoms. The molecule has 0 fully saturated rings. The smallest absolute Gasteiger partial charge is 0.213 e. The lowest BCUT2D eigenvalue weighted by molar-refractivity contribution is 0.227. The van der Waals surface area contributed by atoms with E-state index >= 15 is 0 Å². The molecule has 3 aromatic heterocycles. The second-order valence-corrected chi connectivity index (χ2v) is 6.69. The van der Waals surface area contributed by atoms with Crippen LogP contribution < -0.4 is 4.74 Å². The van der Waals surface area contributed by atoms with Gasteiger partial charge in [-0.25, -0.2) is 9.97 Å². The third kappa shape index (κ3) is 3.07. The van der Waals surface area contributed by atoms with Crippen LogP contribution in [0.3, 0.4) is 0 Å². The van der Waals surface area contributed by atoms with Crippen molar-refractivity contribution < 1.29 is 9.84 Å². The van der Waals surface area contributed by atoms with E-state index in [4.69, 9.17) is 9.72 Å². The molecule has 1 atom stereocenters. The molecule has 0 aromatic carbocycles. The highest BCUT2D eigenvalue weighted by Gasteiger charge is 2.18. The van der Waals surface area contributed by atoms with E-state index in [0.717, 1.165) is 52.0 Å². The van der Waals surface area contributed by atoms with Gasteiger partial charge >= 0.3 is 0 Å². The van der Waals surface area contributed by atoms with Crippen molar-refractivity contribution >= 4 is 11.0 Å². The summed E-state index contributed by atoms with van der Waals surface area (Å²) in [6.07, 6.45) is 3.79. The van der Waals surface area contributed by atoms with E-state index in [1.54, 1.807) is 7.11 Å². The maximum absolute atomic E-state index is 9.71. The summed E-state index contributed by atoms with van der Waals surface area (Å²) in [5.41, 5.74) is 7.27. The van der Waals surface area contributed by atoms with E-state index in [1.807, 2.05) is 12.1 Å². The minimum atomic E-state index is 0.0760. The Hall–Kier alpha value is -2.40. The zero-order valence-electron chi connectivity index (χ0n) is 16.2. The van der Waals surface area contributed by atoms with Crippen molar-refractivity contribution in [3.63, 3.8) is 0 Å². The average Bonchev–Trinajstić information content (AvgIpc) is 2.97. The highest BCUT2D eigenvalue weighted by Crippen LogP contribution is 2.32. The number of aliphatic hydroxyl groups is 1. The fraction of sp³-hybridized carbons (Fsp3) is 0.429. The number of hydrogen-bond donors (Lipinski definition) is 1. The summed E-state index contributed by atoms with van der Waals surface area (Å²) in [5.74, 6) is 0.625. The maximum atomic E-state index is 9.71. The highest BCUT2D eigenvalue weighted by atomic mass is 16.5. The quantitative estimate of drug-likeness (QED) is 0.720. The van der Waals surface area contributed by atoms with Gasteiger partial charge in [-0.15, -0.1) is 0 Å². The van der Waals surface area contributed by atoms with E-state index in [1.165, 1.54) is 0 Å². The molecule has 5 nitrogen and oxygen atoms in total. The van der Waals surface area contributed by atoms with E-state index in [-0.39, 0.29) is 12.6 Å². The highest BCUT2D eigenvalue weighted by molar-refractivity contribution is 5.84. The molecule has 0 aliphatic heterocycles. The van der Waals surface area contributed by atoms with Gasteiger partial charge in [0.15, 0.2) is 0 Å². The van der Waals surface area contributed by atoms with Crippen LogP contribution in [-0.2, 0) is 6.42 Å². The third-order valence-electron chi connectivity index (χ3n) is 5.00. The molecule has 0 aliphatic rings. The van der Waals surface area contributed by atoms with E-state index in [9.17, 15) is 5.11 Å². The molecule has 1 N–H and O–H groups in total. The van der Waals surface area contributed by atoms with Gasteiger partial charge in [0.25, 0.3) is 0 Å². The van der Waals surface area contributed by atoms with Crippen LogP contribution in [-0.4, -0.2) is 33.4 Å². The van der Waals surface area contributed by atoms with Crippen LogP contribution in [0.15, 0.2) is 24.4 Å². The predicted octanol–water partition coefficient (Wildman–Crippen LogP) is 4.23. The average molecular weight is 353 g/mol. The lowest BCUT2D eigenvalue weighted by atomic mass is 10.0. The van der Waals surface area contributed by atoms with Gasteiger partial charge < -0.3 is 14.4 Å². The first kappa shape index (κ1) is 18.4. The molecular weight excluding hydrogens is 326 g/mol. The van der Waals surface area contributed by atoms with Crippen molar-refractivity contribution in [1.82, 2.24) is 14.5 Å². The van der Waals surface area contributed by atoms with Crippen molar-refractivity contribution in [1.29, 1.82) is 0 Å². The molecule has 0 saturated carbocycles. The summed E-state index contributed by atoms with van der Waals surface area (Å²) >= 11 is 0. The molecule has 0 unspecified atom stereocenters. The Balaban J connectivity index is 2.21. The van der Waals surface area contributed by atoms with Gasteiger partial charge in [-0.1, -0.05) is 13.8 Å². The second-order valence-electron chi connectivity index (χ2n) is 6.69. The largest absolute Gasteiger partial charge is 0.481 e. The molecule has 0 aliphatic carbocycles. The zero-order valence-corrected chi connectivity index (χ0v) is 16.2. The molecule has 5 heteroatoms. The Morgan fingerprint density at radius 1 is 1.15 bits per heavy atom. The van der Waals surface area contributed by atoms with Crippen LogP contribution in [0.1, 0.15) is 43.1 Å². The van der Waals surface area contributed by atoms with Crippen LogP contribution in [0, 0.1) is 13.8 Å². The number of nitrogens with zero attached hydrogens (tertiary/aromatic N) is 3. The molecular formula is C21H27N3O2. The fourth-order valence-electron chi connectivity index (χ4n) is 3.49. The van der Waals surface area contributed by atoms with Crippen molar-refractivity contribution in [3.8, 4) is 17.1 Å². The molecule has 0 bridgehead atoms. The Bertz CT molecular complexity index is 927. The molecule has 0 amide bonds. The van der Waals surface area contributed by atoms with Crippen molar-refractivity contribution in [2.75, 3.05) is 13.7 Å². The predicted molar refractivity (Wildman–Crippen MR) is 105 cm³/mol. The Morgan fingerprint density at radius 3 is 2.54 bits per heavy atom. The third-order valence-corrected chi connectivity index (χ3v) is 5.00. The van der Waals surface area contributed by atoms with Crippen LogP contribution in [0.5, 0.6) is 5.88 Å². The number of aliphatic hydroxyl groups excluding tert-OH is 1. The molecule has 0 saturated heterocycles. The normalized spacial score (nSPS) is 12.5. The number of aromatic nitrogens is 3. The summed E-state index contributed by atoms with van der Waals surface area (Å²) < 4.78 is 7.42. The SMILES string of the molecule is CCc1nc(OC)ccc1-c1nc2c(C)cn([C@H](CC)CO)c2cc1C. The van der Waals surface area contributed by atoms with Gasteiger partial charge in [0.2, 0.25) is 5.88 Å². The standard InChI is InChI=1S/C21H27N3O2/c1-6-15(12-25)24-11-14(4)21-18(24)10-13(3)20(23-21)16-8-9-19(26-5)22-17(16)7-2/h8-11,15,25H,6-7,12H2,1-5H3/t15-/m1/s1. The molecule has 138 valence electrons. The van der Waals surface area contributed by atoms with Gasteiger partial charge in [0.05, 0.1) is 42.2 Å². The molecule has 3 aromatic rings. The number of aryl methyl sites for hydroxylation is 3. The minimum absolute atomic E-state index is 0.0760. The molecule has 3 rings (SSSR count). The van der Waals surface area contributed by atoms with Crippen LogP contribution in [0.25, 0.3) is 22.3 Å². The first-order valence-electron chi connectivity index (χ1n) is 9.17. The minimum Gasteiger partial charge on any atom is -0.481 e. The summed E-state index contributed by atoms with van der Waals surface area (Å²) in [6.45, 7) is 8.46. The topological polar surface area (TPSA) is 60.2 Å². The van der Waals surface area contributed by atoms with E-state index in [0.29, 0.717) is 5.88 Å². The molecule has 3 heterocycles. The van der Waals surface area contributed by atoms with Gasteiger partial charge in [-0.2, -0.15) is 0 Å². The van der Waals surface area contributed by atoms with E-state index in [2.05, 4.69) is 49.5 Å². The van der Waals surface area contributed by atoms with Crippen molar-refractivity contribution in [2.24, 2.45) is 0 Å². The molecule has 0 spiro atoms. The Labute approximate surface area is 154 Å². The number of hydrogen-bond acceptors (Lipinski definition) is 4. The second kappa shape index (κ2) is 7.46. The van der Waals surface area contributed by atoms with Crippen LogP contribution in [0.2, 0.25) is 0 Å². The first-order valence-corrected chi connectivity index (χ1v) is 9.17. The number of rotatable bonds is 6. The first-order chi connectivity index (χ1) is 12.5. The van der Waals surface area contributed by atoms with Crippen molar-refractivity contribution in [3.05, 3.63) is 41.2 Å². The summed E-state index contributed by atoms with van der Waals surface area (Å²) in [6, 6.07) is 6.18. The van der Waals surface area contributed by atoms with Gasteiger partial charge in [0.1, 0.15) is 0 Å².